The summed E-state index contributed by atoms with van der Waals surface area (Å²) in [6, 6.07) is 0. The molecule has 1 aliphatic rings. The Kier molecular flexibility index (Phi) is 2.86. The van der Waals surface area contributed by atoms with Crippen molar-refractivity contribution in [1.82, 2.24) is 5.32 Å². The van der Waals surface area contributed by atoms with Crippen molar-refractivity contribution in [3.8, 4) is 0 Å². The molecule has 54 valence electrons. The molecule has 0 spiro atoms. The van der Waals surface area contributed by atoms with Crippen molar-refractivity contribution < 1.29 is 0 Å². The van der Waals surface area contributed by atoms with Crippen LogP contribution in [-0.4, -0.2) is 17.2 Å². The Morgan fingerprint density at radius 3 is 2.78 bits per heavy atom. The maximum Gasteiger partial charge on any atom is 0.0535 e. The maximum atomic E-state index is 3.45. The van der Waals surface area contributed by atoms with Gasteiger partial charge in [0, 0.05) is 5.25 Å². The smallest absolute Gasteiger partial charge is 0.0535 e. The van der Waals surface area contributed by atoms with E-state index in [1.54, 1.807) is 0 Å². The van der Waals surface area contributed by atoms with Gasteiger partial charge in [0.15, 0.2) is 0 Å². The molecular formula is C7H15NS. The van der Waals surface area contributed by atoms with Crippen LogP contribution in [0.3, 0.4) is 0 Å². The van der Waals surface area contributed by atoms with Crippen LogP contribution in [-0.2, 0) is 0 Å². The van der Waals surface area contributed by atoms with Crippen LogP contribution in [0.2, 0.25) is 0 Å². The molecule has 2 heteroatoms. The molecule has 1 N–H and O–H groups in total. The minimum atomic E-state index is 0.755. The Balaban J connectivity index is 2.11. The van der Waals surface area contributed by atoms with Crippen LogP contribution in [0.5, 0.6) is 0 Å². The van der Waals surface area contributed by atoms with E-state index in [-0.39, 0.29) is 0 Å². The van der Waals surface area contributed by atoms with Crippen LogP contribution in [0.25, 0.3) is 0 Å². The van der Waals surface area contributed by atoms with E-state index in [0.717, 1.165) is 10.6 Å². The lowest BCUT2D eigenvalue weighted by Gasteiger charge is -2.11. The van der Waals surface area contributed by atoms with E-state index < -0.39 is 0 Å². The largest absolute Gasteiger partial charge is 0.305 e. The van der Waals surface area contributed by atoms with E-state index in [9.17, 15) is 0 Å². The molecule has 0 aromatic heterocycles. The Hall–Kier alpha value is 0.310. The molecular weight excluding hydrogens is 130 g/mol. The number of hydrogen-bond acceptors (Lipinski definition) is 2. The van der Waals surface area contributed by atoms with Crippen molar-refractivity contribution in [3.05, 3.63) is 0 Å². The summed E-state index contributed by atoms with van der Waals surface area (Å²) in [6.07, 6.45) is 2.73. The lowest BCUT2D eigenvalue weighted by molar-refractivity contribution is 0.801. The fourth-order valence-electron chi connectivity index (χ4n) is 1.10. The van der Waals surface area contributed by atoms with Crippen LogP contribution in [0.15, 0.2) is 0 Å². The predicted molar refractivity (Wildman–Crippen MR) is 43.8 cm³/mol. The molecule has 0 bridgehead atoms. The third kappa shape index (κ3) is 2.59. The third-order valence-electron chi connectivity index (χ3n) is 1.45. The van der Waals surface area contributed by atoms with Crippen molar-refractivity contribution in [2.45, 2.75) is 37.3 Å². The summed E-state index contributed by atoms with van der Waals surface area (Å²) in [7, 11) is 0. The van der Waals surface area contributed by atoms with Gasteiger partial charge in [0.25, 0.3) is 0 Å². The van der Waals surface area contributed by atoms with Crippen molar-refractivity contribution in [1.29, 1.82) is 0 Å². The number of hydrogen-bond donors (Lipinski definition) is 1. The monoisotopic (exact) mass is 145 g/mol. The van der Waals surface area contributed by atoms with Gasteiger partial charge in [-0.05, 0) is 19.4 Å². The minimum absolute atomic E-state index is 0.755. The maximum absolute atomic E-state index is 3.45. The molecule has 0 aromatic carbocycles. The molecule has 1 nitrogen and oxygen atoms in total. The van der Waals surface area contributed by atoms with Gasteiger partial charge in [-0.25, -0.2) is 0 Å². The minimum Gasteiger partial charge on any atom is -0.305 e. The third-order valence-corrected chi connectivity index (χ3v) is 2.73. The Labute approximate surface area is 61.6 Å². The van der Waals surface area contributed by atoms with Crippen LogP contribution < -0.4 is 5.32 Å². The predicted octanol–water partition coefficient (Wildman–Crippen LogP) is 1.84. The van der Waals surface area contributed by atoms with Gasteiger partial charge >= 0.3 is 0 Å². The van der Waals surface area contributed by atoms with Gasteiger partial charge in [-0.2, -0.15) is 0 Å². The molecule has 1 saturated heterocycles. The lowest BCUT2D eigenvalue weighted by Crippen LogP contribution is -2.18. The molecule has 1 fully saturated rings. The van der Waals surface area contributed by atoms with Crippen LogP contribution in [0.4, 0.5) is 0 Å². The molecule has 1 atom stereocenters. The standard InChI is InChI=1S/C7H15NS/c1-6(2)9-7-4-3-5-8-7/h6-8H,3-5H2,1-2H3. The van der Waals surface area contributed by atoms with E-state index in [0.29, 0.717) is 0 Å². The molecule has 1 aliphatic heterocycles. The SMILES string of the molecule is CC(C)SC1CCCN1. The molecule has 0 aromatic rings. The highest BCUT2D eigenvalue weighted by molar-refractivity contribution is 8.00. The summed E-state index contributed by atoms with van der Waals surface area (Å²) < 4.78 is 0. The molecule has 1 heterocycles. The highest BCUT2D eigenvalue weighted by atomic mass is 32.2. The first-order valence-electron chi connectivity index (χ1n) is 3.68. The summed E-state index contributed by atoms with van der Waals surface area (Å²) >= 11 is 2.05. The summed E-state index contributed by atoms with van der Waals surface area (Å²) in [6.45, 7) is 5.74. The van der Waals surface area contributed by atoms with E-state index in [2.05, 4.69) is 30.9 Å². The van der Waals surface area contributed by atoms with Gasteiger partial charge in [-0.3, -0.25) is 0 Å². The zero-order valence-corrected chi connectivity index (χ0v) is 7.00. The van der Waals surface area contributed by atoms with E-state index in [1.165, 1.54) is 19.4 Å². The average molecular weight is 145 g/mol. The highest BCUT2D eigenvalue weighted by Crippen LogP contribution is 2.21. The Morgan fingerprint density at radius 1 is 1.56 bits per heavy atom. The van der Waals surface area contributed by atoms with Crippen molar-refractivity contribution in [3.63, 3.8) is 0 Å². The molecule has 0 amide bonds. The van der Waals surface area contributed by atoms with E-state index >= 15 is 0 Å². The fraction of sp³-hybridized carbons (Fsp3) is 1.00. The summed E-state index contributed by atoms with van der Waals surface area (Å²) in [5, 5.41) is 4.98. The normalized spacial score (nSPS) is 27.7. The van der Waals surface area contributed by atoms with Crippen molar-refractivity contribution >= 4 is 11.8 Å². The quantitative estimate of drug-likeness (QED) is 0.636. The zero-order chi connectivity index (χ0) is 6.69. The topological polar surface area (TPSA) is 12.0 Å². The summed E-state index contributed by atoms with van der Waals surface area (Å²) in [4.78, 5) is 0. The van der Waals surface area contributed by atoms with Crippen LogP contribution >= 0.6 is 11.8 Å². The van der Waals surface area contributed by atoms with Crippen LogP contribution in [0, 0.1) is 0 Å². The van der Waals surface area contributed by atoms with Gasteiger partial charge in [-0.15, -0.1) is 11.8 Å². The molecule has 0 aliphatic carbocycles. The number of rotatable bonds is 2. The zero-order valence-electron chi connectivity index (χ0n) is 6.18. The Morgan fingerprint density at radius 2 is 2.33 bits per heavy atom. The first-order chi connectivity index (χ1) is 4.29. The molecule has 1 unspecified atom stereocenters. The van der Waals surface area contributed by atoms with Crippen molar-refractivity contribution in [2.75, 3.05) is 6.54 Å². The van der Waals surface area contributed by atoms with Gasteiger partial charge < -0.3 is 5.32 Å². The molecule has 0 radical (unpaired) electrons. The number of thioether (sulfide) groups is 1. The summed E-state index contributed by atoms with van der Waals surface area (Å²) in [5.41, 5.74) is 0. The highest BCUT2D eigenvalue weighted by Gasteiger charge is 2.14. The molecule has 0 saturated carbocycles. The lowest BCUT2D eigenvalue weighted by atomic mass is 10.4. The molecule has 9 heavy (non-hydrogen) atoms. The average Bonchev–Trinajstić information content (AvgIpc) is 2.15. The van der Waals surface area contributed by atoms with Gasteiger partial charge in [-0.1, -0.05) is 13.8 Å². The second-order valence-electron chi connectivity index (χ2n) is 2.77. The van der Waals surface area contributed by atoms with E-state index in [1.807, 2.05) is 0 Å². The van der Waals surface area contributed by atoms with Gasteiger partial charge in [0.05, 0.1) is 5.37 Å². The van der Waals surface area contributed by atoms with E-state index in [4.69, 9.17) is 0 Å². The first-order valence-corrected chi connectivity index (χ1v) is 4.62. The Bertz CT molecular complexity index is 77.0. The second-order valence-corrected chi connectivity index (χ2v) is 4.55. The molecule has 1 rings (SSSR count). The van der Waals surface area contributed by atoms with Gasteiger partial charge in [0.2, 0.25) is 0 Å². The fourth-order valence-corrected chi connectivity index (χ4v) is 2.27. The second kappa shape index (κ2) is 3.47. The van der Waals surface area contributed by atoms with Crippen molar-refractivity contribution in [2.24, 2.45) is 0 Å². The first kappa shape index (κ1) is 7.42. The summed E-state index contributed by atoms with van der Waals surface area (Å²) in [5.74, 6) is 0. The number of nitrogens with one attached hydrogen (secondary N) is 1. The van der Waals surface area contributed by atoms with Gasteiger partial charge in [0.1, 0.15) is 0 Å². The van der Waals surface area contributed by atoms with Crippen LogP contribution in [0.1, 0.15) is 26.7 Å².